The van der Waals surface area contributed by atoms with E-state index in [1.54, 1.807) is 23.9 Å². The Labute approximate surface area is 248 Å². The lowest BCUT2D eigenvalue weighted by atomic mass is 9.84. The highest BCUT2D eigenvalue weighted by Crippen LogP contribution is 2.33. The van der Waals surface area contributed by atoms with Gasteiger partial charge in [0.25, 0.3) is 5.91 Å². The van der Waals surface area contributed by atoms with E-state index < -0.39 is 17.3 Å². The Morgan fingerprint density at radius 3 is 2.37 bits per heavy atom. The first-order valence-electron chi connectivity index (χ1n) is 13.5. The molecule has 0 bridgehead atoms. The van der Waals surface area contributed by atoms with Crippen LogP contribution in [0.5, 0.6) is 0 Å². The number of unbranched alkanes of at least 4 members (excludes halogenated alkanes) is 1. The number of likely N-dealkylation sites (tertiary alicyclic amines) is 1. The van der Waals surface area contributed by atoms with Crippen molar-refractivity contribution in [3.05, 3.63) is 53.6 Å². The van der Waals surface area contributed by atoms with Crippen molar-refractivity contribution in [1.29, 1.82) is 5.26 Å². The molecule has 2 aromatic carbocycles. The second-order valence-electron chi connectivity index (χ2n) is 10.1. The molecular formula is C29H37F3N4O3S2. The minimum atomic E-state index is -1.41. The first-order valence-corrected chi connectivity index (χ1v) is 15.3. The number of carbonyl (C=O) groups is 1. The Kier molecular flexibility index (Phi) is 12.7. The third kappa shape index (κ3) is 9.54. The van der Waals surface area contributed by atoms with Crippen LogP contribution in [-0.2, 0) is 14.3 Å². The summed E-state index contributed by atoms with van der Waals surface area (Å²) < 4.78 is 52.6. The number of nitrogens with two attached hydrogens (primary N) is 1. The van der Waals surface area contributed by atoms with E-state index in [2.05, 4.69) is 9.62 Å². The summed E-state index contributed by atoms with van der Waals surface area (Å²) in [5, 5.41) is 8.91. The van der Waals surface area contributed by atoms with Crippen molar-refractivity contribution in [2.75, 3.05) is 45.3 Å². The molecule has 41 heavy (non-hydrogen) atoms. The highest BCUT2D eigenvalue weighted by Gasteiger charge is 2.43. The van der Waals surface area contributed by atoms with E-state index in [-0.39, 0.29) is 23.0 Å². The summed E-state index contributed by atoms with van der Waals surface area (Å²) in [7, 11) is 2.95. The van der Waals surface area contributed by atoms with Gasteiger partial charge in [-0.3, -0.25) is 14.4 Å². The number of amides is 1. The number of nitrogens with one attached hydrogen (secondary N) is 1. The largest absolute Gasteiger partial charge is 0.395 e. The number of methoxy groups -OCH3 is 2. The van der Waals surface area contributed by atoms with Crippen molar-refractivity contribution >= 4 is 35.3 Å². The molecule has 4 rings (SSSR count). The number of benzene rings is 2. The Morgan fingerprint density at radius 1 is 1.07 bits per heavy atom. The molecule has 1 saturated carbocycles. The number of anilines is 1. The second kappa shape index (κ2) is 15.7. The standard InChI is InChI=1S/C15H18FN3O2S.C14H19F2NOS/c1-21-15(5-3-2-4-6-15)14(20)19-22-11-7-10(9-17)13(18)12(16)8-11;1-18-14(16)10-17(11-14)8-2-3-9-19-13-6-4-12(15)5-7-13/h7-8H,2-6,18H2,1H3,(H,19,20);4-7H,2-3,8-11H2,1H3. The van der Waals surface area contributed by atoms with Crippen LogP contribution in [0.2, 0.25) is 0 Å². The van der Waals surface area contributed by atoms with Gasteiger partial charge in [0.05, 0.1) is 24.3 Å². The summed E-state index contributed by atoms with van der Waals surface area (Å²) >= 11 is 2.69. The summed E-state index contributed by atoms with van der Waals surface area (Å²) in [6.45, 7) is 1.68. The van der Waals surface area contributed by atoms with Gasteiger partial charge in [-0.05, 0) is 86.3 Å². The van der Waals surface area contributed by atoms with Gasteiger partial charge in [0, 0.05) is 24.0 Å². The summed E-state index contributed by atoms with van der Waals surface area (Å²) in [4.78, 5) is 16.0. The molecule has 0 aromatic heterocycles. The van der Waals surface area contributed by atoms with Crippen LogP contribution in [0.4, 0.5) is 18.9 Å². The predicted molar refractivity (Wildman–Crippen MR) is 156 cm³/mol. The number of carbonyl (C=O) groups excluding carboxylic acids is 1. The molecule has 3 N–H and O–H groups in total. The molecule has 0 unspecified atom stereocenters. The number of halogens is 3. The van der Waals surface area contributed by atoms with Crippen LogP contribution >= 0.6 is 23.7 Å². The van der Waals surface area contributed by atoms with E-state index in [1.165, 1.54) is 38.5 Å². The van der Waals surface area contributed by atoms with Gasteiger partial charge in [0.2, 0.25) is 5.85 Å². The van der Waals surface area contributed by atoms with Crippen LogP contribution in [-0.4, -0.2) is 61.9 Å². The third-order valence-corrected chi connectivity index (χ3v) is 9.04. The summed E-state index contributed by atoms with van der Waals surface area (Å²) in [5.74, 6) is -1.51. The first kappa shape index (κ1) is 33.1. The molecular weight excluding hydrogens is 573 g/mol. The molecule has 2 fully saturated rings. The van der Waals surface area contributed by atoms with Gasteiger partial charge in [-0.15, -0.1) is 11.8 Å². The maximum absolute atomic E-state index is 13.6. The lowest BCUT2D eigenvalue weighted by Crippen LogP contribution is -2.59. The highest BCUT2D eigenvalue weighted by molar-refractivity contribution is 7.99. The van der Waals surface area contributed by atoms with Crippen LogP contribution in [0.3, 0.4) is 0 Å². The maximum atomic E-state index is 13.6. The first-order chi connectivity index (χ1) is 19.6. The van der Waals surface area contributed by atoms with Gasteiger partial charge in [-0.2, -0.15) is 5.26 Å². The van der Waals surface area contributed by atoms with Gasteiger partial charge < -0.3 is 15.2 Å². The fourth-order valence-corrected chi connectivity index (χ4v) is 6.30. The maximum Gasteiger partial charge on any atom is 0.262 e. The van der Waals surface area contributed by atoms with Crippen LogP contribution in [0.25, 0.3) is 0 Å². The highest BCUT2D eigenvalue weighted by atomic mass is 32.2. The van der Waals surface area contributed by atoms with Gasteiger partial charge in [0.15, 0.2) is 0 Å². The Balaban J connectivity index is 0.000000228. The monoisotopic (exact) mass is 610 g/mol. The average molecular weight is 611 g/mol. The lowest BCUT2D eigenvalue weighted by molar-refractivity contribution is -0.209. The van der Waals surface area contributed by atoms with Crippen molar-refractivity contribution in [3.63, 3.8) is 0 Å². The Bertz CT molecular complexity index is 1190. The summed E-state index contributed by atoms with van der Waals surface area (Å²) in [6.07, 6.45) is 6.46. The van der Waals surface area contributed by atoms with E-state index in [0.717, 1.165) is 61.2 Å². The molecule has 224 valence electrons. The number of hydrogen-bond donors (Lipinski definition) is 2. The lowest BCUT2D eigenvalue weighted by Gasteiger charge is -2.43. The second-order valence-corrected chi connectivity index (χ2v) is 12.1. The quantitative estimate of drug-likeness (QED) is 0.137. The number of nitrogens with zero attached hydrogens (tertiary/aromatic N) is 2. The summed E-state index contributed by atoms with van der Waals surface area (Å²) in [6, 6.07) is 11.0. The number of rotatable bonds is 11. The van der Waals surface area contributed by atoms with Crippen LogP contribution in [0.15, 0.2) is 46.2 Å². The fraction of sp³-hybridized carbons (Fsp3) is 0.517. The van der Waals surface area contributed by atoms with E-state index >= 15 is 0 Å². The molecule has 0 radical (unpaired) electrons. The number of ether oxygens (including phenoxy) is 2. The number of alkyl halides is 1. The van der Waals surface area contributed by atoms with E-state index in [0.29, 0.717) is 30.8 Å². The van der Waals surface area contributed by atoms with Gasteiger partial charge in [-0.1, -0.05) is 19.3 Å². The number of hydrogen-bond acceptors (Lipinski definition) is 8. The molecule has 2 aliphatic rings. The van der Waals surface area contributed by atoms with Crippen molar-refractivity contribution in [1.82, 2.24) is 9.62 Å². The van der Waals surface area contributed by atoms with E-state index in [4.69, 9.17) is 20.5 Å². The normalized spacial score (nSPS) is 17.5. The van der Waals surface area contributed by atoms with Crippen LogP contribution in [0, 0.1) is 23.0 Å². The van der Waals surface area contributed by atoms with Crippen LogP contribution < -0.4 is 10.5 Å². The molecule has 2 aromatic rings. The SMILES string of the molecule is COC1(C(=O)NSc2cc(F)c(N)c(C#N)c2)CCCCC1.COC1(F)CN(CCCCSc2ccc(F)cc2)C1. The van der Waals surface area contributed by atoms with Crippen molar-refractivity contribution in [2.24, 2.45) is 0 Å². The van der Waals surface area contributed by atoms with E-state index in [9.17, 15) is 18.0 Å². The minimum absolute atomic E-state index is 0.0517. The van der Waals surface area contributed by atoms with Crippen molar-refractivity contribution in [2.45, 2.75) is 66.2 Å². The third-order valence-electron chi connectivity index (χ3n) is 7.19. The molecule has 1 aliphatic carbocycles. The number of nitriles is 1. The van der Waals surface area contributed by atoms with Crippen LogP contribution in [0.1, 0.15) is 50.5 Å². The molecule has 12 heteroatoms. The molecule has 1 saturated heterocycles. The molecule has 1 amide bonds. The Morgan fingerprint density at radius 2 is 1.76 bits per heavy atom. The summed E-state index contributed by atoms with van der Waals surface area (Å²) in [5.41, 5.74) is 4.52. The molecule has 0 atom stereocenters. The topological polar surface area (TPSA) is 101 Å². The fourth-order valence-electron chi connectivity index (χ4n) is 4.66. The molecule has 1 aliphatic heterocycles. The van der Waals surface area contributed by atoms with Crippen molar-refractivity contribution < 1.29 is 27.4 Å². The van der Waals surface area contributed by atoms with Gasteiger partial charge in [-0.25, -0.2) is 13.2 Å². The zero-order valence-electron chi connectivity index (χ0n) is 23.4. The predicted octanol–water partition coefficient (Wildman–Crippen LogP) is 6.08. The zero-order valence-corrected chi connectivity index (χ0v) is 25.0. The number of thioether (sulfide) groups is 1. The minimum Gasteiger partial charge on any atom is -0.395 e. The zero-order chi connectivity index (χ0) is 29.9. The molecule has 1 heterocycles. The Hall–Kier alpha value is -2.43. The average Bonchev–Trinajstić information content (AvgIpc) is 2.97. The van der Waals surface area contributed by atoms with Gasteiger partial charge in [0.1, 0.15) is 23.3 Å². The smallest absolute Gasteiger partial charge is 0.262 e. The molecule has 7 nitrogen and oxygen atoms in total. The van der Waals surface area contributed by atoms with E-state index in [1.807, 2.05) is 6.07 Å². The van der Waals surface area contributed by atoms with Gasteiger partial charge >= 0.3 is 0 Å². The molecule has 0 spiro atoms. The number of nitrogen functional groups attached to an aromatic ring is 1. The van der Waals surface area contributed by atoms with Crippen molar-refractivity contribution in [3.8, 4) is 6.07 Å².